The number of aliphatic carboxylic acids is 1. The van der Waals surface area contributed by atoms with Gasteiger partial charge in [-0.25, -0.2) is 0 Å². The van der Waals surface area contributed by atoms with E-state index >= 15 is 0 Å². The maximum atomic E-state index is 12.1. The van der Waals surface area contributed by atoms with Gasteiger partial charge in [0.05, 0.1) is 5.41 Å². The van der Waals surface area contributed by atoms with E-state index < -0.39 is 11.4 Å². The Morgan fingerprint density at radius 2 is 1.88 bits per heavy atom. The number of carboxylic acid groups (broad SMARTS) is 1. The fourth-order valence-electron chi connectivity index (χ4n) is 1.74. The number of nitrogens with two attached hydrogens (primary N) is 1. The fraction of sp³-hybridized carbons (Fsp3) is 0.833. The minimum Gasteiger partial charge on any atom is -0.481 e. The van der Waals surface area contributed by atoms with Crippen molar-refractivity contribution in [1.29, 1.82) is 0 Å². The van der Waals surface area contributed by atoms with Crippen LogP contribution >= 0.6 is 0 Å². The molecule has 0 aromatic carbocycles. The van der Waals surface area contributed by atoms with Gasteiger partial charge in [-0.15, -0.1) is 0 Å². The number of carboxylic acids is 1. The van der Waals surface area contributed by atoms with E-state index in [0.717, 1.165) is 0 Å². The molecule has 0 aromatic heterocycles. The molecule has 5 nitrogen and oxygen atoms in total. The Bertz CT molecular complexity index is 254. The first-order chi connectivity index (χ1) is 7.91. The third kappa shape index (κ3) is 4.73. The van der Waals surface area contributed by atoms with E-state index in [1.165, 1.54) is 0 Å². The van der Waals surface area contributed by atoms with Crippen molar-refractivity contribution >= 4 is 11.9 Å². The summed E-state index contributed by atoms with van der Waals surface area (Å²) >= 11 is 0. The second-order valence-electron chi connectivity index (χ2n) is 4.50. The van der Waals surface area contributed by atoms with Gasteiger partial charge in [-0.3, -0.25) is 9.59 Å². The predicted molar refractivity (Wildman–Crippen MR) is 66.5 cm³/mol. The lowest BCUT2D eigenvalue weighted by molar-refractivity contribution is -0.138. The third-order valence-electron chi connectivity index (χ3n) is 3.39. The van der Waals surface area contributed by atoms with Crippen molar-refractivity contribution in [2.24, 2.45) is 11.1 Å². The molecular weight excluding hydrogens is 220 g/mol. The normalized spacial score (nSPS) is 13.2. The van der Waals surface area contributed by atoms with Gasteiger partial charge in [0.2, 0.25) is 5.91 Å². The summed E-state index contributed by atoms with van der Waals surface area (Å²) in [5.41, 5.74) is 5.16. The van der Waals surface area contributed by atoms with Crippen molar-refractivity contribution in [2.45, 2.75) is 52.5 Å². The number of carbonyl (C=O) groups excluding carboxylic acids is 1. The highest BCUT2D eigenvalue weighted by Crippen LogP contribution is 2.25. The average Bonchev–Trinajstić information content (AvgIpc) is 2.29. The second kappa shape index (κ2) is 7.27. The first kappa shape index (κ1) is 15.9. The van der Waals surface area contributed by atoms with E-state index in [1.54, 1.807) is 0 Å². The molecular formula is C12H24N2O3. The molecule has 0 bridgehead atoms. The van der Waals surface area contributed by atoms with Crippen LogP contribution in [-0.4, -0.2) is 29.6 Å². The third-order valence-corrected chi connectivity index (χ3v) is 3.39. The Hall–Kier alpha value is -1.10. The Balaban J connectivity index is 4.35. The summed E-state index contributed by atoms with van der Waals surface area (Å²) in [5.74, 6) is -0.912. The molecule has 0 saturated heterocycles. The van der Waals surface area contributed by atoms with Crippen LogP contribution in [0.1, 0.15) is 46.5 Å². The van der Waals surface area contributed by atoms with Crippen LogP contribution in [0.4, 0.5) is 0 Å². The molecule has 1 unspecified atom stereocenters. The Morgan fingerprint density at radius 3 is 2.24 bits per heavy atom. The Kier molecular flexibility index (Phi) is 6.80. The average molecular weight is 244 g/mol. The number of nitrogens with one attached hydrogen (secondary N) is 1. The zero-order valence-corrected chi connectivity index (χ0v) is 11.0. The molecule has 4 N–H and O–H groups in total. The molecule has 0 radical (unpaired) electrons. The summed E-state index contributed by atoms with van der Waals surface area (Å²) in [6.07, 6.45) is 1.89. The van der Waals surface area contributed by atoms with Crippen molar-refractivity contribution in [3.8, 4) is 0 Å². The van der Waals surface area contributed by atoms with E-state index in [4.69, 9.17) is 10.8 Å². The van der Waals surface area contributed by atoms with Crippen LogP contribution in [0, 0.1) is 5.41 Å². The monoisotopic (exact) mass is 244 g/mol. The van der Waals surface area contributed by atoms with Gasteiger partial charge >= 0.3 is 5.97 Å². The molecule has 0 aliphatic heterocycles. The SMILES string of the molecule is CCC(CC)(CN)C(=O)NC(C)CCC(=O)O. The van der Waals surface area contributed by atoms with Crippen molar-refractivity contribution in [3.63, 3.8) is 0 Å². The number of amides is 1. The summed E-state index contributed by atoms with van der Waals surface area (Å²) in [7, 11) is 0. The molecule has 1 atom stereocenters. The van der Waals surface area contributed by atoms with E-state index in [9.17, 15) is 9.59 Å². The van der Waals surface area contributed by atoms with Crippen LogP contribution in [0.15, 0.2) is 0 Å². The number of hydrogen-bond donors (Lipinski definition) is 3. The molecule has 0 aromatic rings. The summed E-state index contributed by atoms with van der Waals surface area (Å²) in [5, 5.41) is 11.4. The lowest BCUT2D eigenvalue weighted by Gasteiger charge is -2.30. The van der Waals surface area contributed by atoms with Gasteiger partial charge < -0.3 is 16.2 Å². The molecule has 17 heavy (non-hydrogen) atoms. The quantitative estimate of drug-likeness (QED) is 0.596. The highest BCUT2D eigenvalue weighted by atomic mass is 16.4. The van der Waals surface area contributed by atoms with Gasteiger partial charge in [-0.2, -0.15) is 0 Å². The van der Waals surface area contributed by atoms with Gasteiger partial charge in [-0.05, 0) is 26.2 Å². The lowest BCUT2D eigenvalue weighted by atomic mass is 9.81. The van der Waals surface area contributed by atoms with Crippen LogP contribution in [-0.2, 0) is 9.59 Å². The summed E-state index contributed by atoms with van der Waals surface area (Å²) < 4.78 is 0. The molecule has 0 fully saturated rings. The lowest BCUT2D eigenvalue weighted by Crippen LogP contribution is -2.48. The zero-order valence-electron chi connectivity index (χ0n) is 11.0. The molecule has 0 heterocycles. The van der Waals surface area contributed by atoms with Gasteiger partial charge in [0, 0.05) is 19.0 Å². The van der Waals surface area contributed by atoms with Crippen molar-refractivity contribution in [2.75, 3.05) is 6.54 Å². The van der Waals surface area contributed by atoms with E-state index in [0.29, 0.717) is 25.8 Å². The van der Waals surface area contributed by atoms with Gasteiger partial charge in [0.1, 0.15) is 0 Å². The molecule has 0 rings (SSSR count). The topological polar surface area (TPSA) is 92.4 Å². The van der Waals surface area contributed by atoms with Crippen LogP contribution < -0.4 is 11.1 Å². The highest BCUT2D eigenvalue weighted by Gasteiger charge is 2.33. The van der Waals surface area contributed by atoms with Crippen molar-refractivity contribution < 1.29 is 14.7 Å². The Labute approximate surface area is 103 Å². The molecule has 100 valence electrons. The summed E-state index contributed by atoms with van der Waals surface area (Å²) in [4.78, 5) is 22.5. The van der Waals surface area contributed by atoms with Crippen LogP contribution in [0.3, 0.4) is 0 Å². The van der Waals surface area contributed by atoms with Crippen LogP contribution in [0.2, 0.25) is 0 Å². The summed E-state index contributed by atoms with van der Waals surface area (Å²) in [6, 6.07) is -0.136. The smallest absolute Gasteiger partial charge is 0.303 e. The molecule has 0 aliphatic carbocycles. The largest absolute Gasteiger partial charge is 0.481 e. The maximum Gasteiger partial charge on any atom is 0.303 e. The van der Waals surface area contributed by atoms with Crippen molar-refractivity contribution in [3.05, 3.63) is 0 Å². The van der Waals surface area contributed by atoms with E-state index in [1.807, 2.05) is 20.8 Å². The maximum absolute atomic E-state index is 12.1. The van der Waals surface area contributed by atoms with E-state index in [-0.39, 0.29) is 18.4 Å². The number of carbonyl (C=O) groups is 2. The first-order valence-electron chi connectivity index (χ1n) is 6.14. The zero-order chi connectivity index (χ0) is 13.5. The second-order valence-corrected chi connectivity index (χ2v) is 4.50. The van der Waals surface area contributed by atoms with E-state index in [2.05, 4.69) is 5.32 Å². The highest BCUT2D eigenvalue weighted by molar-refractivity contribution is 5.83. The standard InChI is InChI=1S/C12H24N2O3/c1-4-12(5-2,8-13)11(17)14-9(3)6-7-10(15)16/h9H,4-8,13H2,1-3H3,(H,14,17)(H,15,16). The molecule has 5 heteroatoms. The predicted octanol–water partition coefficient (Wildman–Crippen LogP) is 1.12. The molecule has 0 spiro atoms. The minimum absolute atomic E-state index is 0.0648. The first-order valence-corrected chi connectivity index (χ1v) is 6.14. The fourth-order valence-corrected chi connectivity index (χ4v) is 1.74. The molecule has 0 aliphatic rings. The minimum atomic E-state index is -0.845. The van der Waals surface area contributed by atoms with Gasteiger partial charge in [0.25, 0.3) is 0 Å². The molecule has 1 amide bonds. The van der Waals surface area contributed by atoms with Gasteiger partial charge in [-0.1, -0.05) is 13.8 Å². The van der Waals surface area contributed by atoms with Crippen molar-refractivity contribution in [1.82, 2.24) is 5.32 Å². The number of rotatable bonds is 8. The van der Waals surface area contributed by atoms with Crippen LogP contribution in [0.25, 0.3) is 0 Å². The number of hydrogen-bond acceptors (Lipinski definition) is 3. The molecule has 0 saturated carbocycles. The summed E-state index contributed by atoms with van der Waals surface area (Å²) in [6.45, 7) is 6.01. The Morgan fingerprint density at radius 1 is 1.35 bits per heavy atom. The van der Waals surface area contributed by atoms with Crippen LogP contribution in [0.5, 0.6) is 0 Å². The van der Waals surface area contributed by atoms with Gasteiger partial charge in [0.15, 0.2) is 0 Å².